The van der Waals surface area contributed by atoms with Crippen LogP contribution in [-0.4, -0.2) is 30.3 Å². The fraction of sp³-hybridized carbons (Fsp3) is 0.667. The molecule has 4 fully saturated rings. The average molecular weight is 343 g/mol. The highest BCUT2D eigenvalue weighted by Gasteiger charge is 2.54. The number of aliphatic hydroxyl groups is 1. The number of amides is 1. The Labute approximate surface area is 150 Å². The first-order valence-electron chi connectivity index (χ1n) is 9.68. The first kappa shape index (κ1) is 16.9. The summed E-state index contributed by atoms with van der Waals surface area (Å²) >= 11 is 0. The predicted octanol–water partition coefficient (Wildman–Crippen LogP) is 3.07. The van der Waals surface area contributed by atoms with E-state index in [1.807, 2.05) is 31.2 Å². The van der Waals surface area contributed by atoms with Gasteiger partial charge in [-0.15, -0.1) is 0 Å². The first-order valence-corrected chi connectivity index (χ1v) is 9.68. The third-order valence-electron chi connectivity index (χ3n) is 6.45. The van der Waals surface area contributed by atoms with Crippen molar-refractivity contribution in [3.63, 3.8) is 0 Å². The number of aryl methyl sites for hydroxylation is 1. The van der Waals surface area contributed by atoms with E-state index in [0.29, 0.717) is 0 Å². The second kappa shape index (κ2) is 6.64. The quantitative estimate of drug-likeness (QED) is 0.834. The van der Waals surface area contributed by atoms with Gasteiger partial charge in [-0.25, -0.2) is 0 Å². The molecule has 4 aliphatic rings. The van der Waals surface area contributed by atoms with Crippen LogP contribution < -0.4 is 10.1 Å². The van der Waals surface area contributed by atoms with Crippen molar-refractivity contribution in [1.82, 2.24) is 5.32 Å². The van der Waals surface area contributed by atoms with Crippen molar-refractivity contribution in [2.24, 2.45) is 23.2 Å². The van der Waals surface area contributed by atoms with Crippen LogP contribution in [0.2, 0.25) is 0 Å². The van der Waals surface area contributed by atoms with Gasteiger partial charge in [0.05, 0.1) is 0 Å². The fourth-order valence-corrected chi connectivity index (χ4v) is 5.74. The van der Waals surface area contributed by atoms with E-state index < -0.39 is 6.10 Å². The topological polar surface area (TPSA) is 58.6 Å². The molecule has 0 aromatic heterocycles. The van der Waals surface area contributed by atoms with Crippen molar-refractivity contribution >= 4 is 5.91 Å². The van der Waals surface area contributed by atoms with E-state index in [9.17, 15) is 9.90 Å². The lowest BCUT2D eigenvalue weighted by Crippen LogP contribution is -2.54. The lowest BCUT2D eigenvalue weighted by molar-refractivity contribution is -0.146. The summed E-state index contributed by atoms with van der Waals surface area (Å²) in [6, 6.07) is 7.77. The minimum atomic E-state index is -0.682. The van der Waals surface area contributed by atoms with Crippen molar-refractivity contribution in [2.45, 2.75) is 51.6 Å². The molecule has 0 spiro atoms. The van der Waals surface area contributed by atoms with Crippen molar-refractivity contribution in [1.29, 1.82) is 0 Å². The molecule has 1 amide bonds. The second-order valence-electron chi connectivity index (χ2n) is 8.69. The fourth-order valence-electron chi connectivity index (χ4n) is 5.74. The summed E-state index contributed by atoms with van der Waals surface area (Å²) in [6.45, 7) is 2.48. The number of carbonyl (C=O) groups excluding carboxylic acids is 1. The number of hydrogen-bond donors (Lipinski definition) is 2. The van der Waals surface area contributed by atoms with Gasteiger partial charge in [-0.3, -0.25) is 4.79 Å². The molecule has 0 radical (unpaired) electrons. The number of aliphatic hydroxyl groups excluding tert-OH is 1. The molecule has 25 heavy (non-hydrogen) atoms. The van der Waals surface area contributed by atoms with Crippen molar-refractivity contribution in [3.8, 4) is 5.75 Å². The molecule has 136 valence electrons. The molecule has 4 aliphatic carbocycles. The van der Waals surface area contributed by atoms with Gasteiger partial charge in [0.1, 0.15) is 18.5 Å². The molecule has 4 nitrogen and oxygen atoms in total. The number of rotatable bonds is 6. The zero-order valence-corrected chi connectivity index (χ0v) is 15.0. The SMILES string of the molecule is Cc1cccc(OCC(O)CNC(=O)C23CC4CC(CC(C4)C2)C3)c1. The van der Waals surface area contributed by atoms with Crippen LogP contribution in [0, 0.1) is 30.1 Å². The summed E-state index contributed by atoms with van der Waals surface area (Å²) in [5.41, 5.74) is 0.980. The summed E-state index contributed by atoms with van der Waals surface area (Å²) in [7, 11) is 0. The molecular formula is C21H29NO3. The number of benzene rings is 1. The highest BCUT2D eigenvalue weighted by Crippen LogP contribution is 2.60. The highest BCUT2D eigenvalue weighted by atomic mass is 16.5. The Morgan fingerprint density at radius 3 is 2.48 bits per heavy atom. The molecule has 5 rings (SSSR count). The third-order valence-corrected chi connectivity index (χ3v) is 6.45. The Hall–Kier alpha value is -1.55. The van der Waals surface area contributed by atoms with Gasteiger partial charge in [-0.1, -0.05) is 12.1 Å². The molecule has 1 aromatic rings. The largest absolute Gasteiger partial charge is 0.491 e. The summed E-state index contributed by atoms with van der Waals surface area (Å²) in [5, 5.41) is 13.2. The smallest absolute Gasteiger partial charge is 0.226 e. The number of hydrogen-bond acceptors (Lipinski definition) is 3. The van der Waals surface area contributed by atoms with Crippen molar-refractivity contribution < 1.29 is 14.6 Å². The molecule has 2 N–H and O–H groups in total. The summed E-state index contributed by atoms with van der Waals surface area (Å²) in [5.74, 6) is 3.19. The molecule has 0 aliphatic heterocycles. The van der Waals surface area contributed by atoms with Crippen LogP contribution in [0.3, 0.4) is 0 Å². The monoisotopic (exact) mass is 343 g/mol. The molecule has 4 saturated carbocycles. The molecule has 1 aromatic carbocycles. The summed E-state index contributed by atoms with van der Waals surface area (Å²) in [4.78, 5) is 12.9. The van der Waals surface area contributed by atoms with E-state index in [1.54, 1.807) is 0 Å². The normalized spacial score (nSPS) is 33.9. The maximum absolute atomic E-state index is 12.9. The Bertz CT molecular complexity index is 606. The van der Waals surface area contributed by atoms with Crippen LogP contribution in [0.15, 0.2) is 24.3 Å². The zero-order valence-electron chi connectivity index (χ0n) is 15.0. The molecular weight excluding hydrogens is 314 g/mol. The predicted molar refractivity (Wildman–Crippen MR) is 96.3 cm³/mol. The third kappa shape index (κ3) is 3.55. The van der Waals surface area contributed by atoms with Gasteiger partial charge in [0.15, 0.2) is 0 Å². The van der Waals surface area contributed by atoms with Crippen LogP contribution in [0.5, 0.6) is 5.75 Å². The number of carbonyl (C=O) groups is 1. The molecule has 1 unspecified atom stereocenters. The van der Waals surface area contributed by atoms with Gasteiger partial charge >= 0.3 is 0 Å². The lowest BCUT2D eigenvalue weighted by Gasteiger charge is -2.55. The maximum atomic E-state index is 12.9. The van der Waals surface area contributed by atoms with Crippen molar-refractivity contribution in [3.05, 3.63) is 29.8 Å². The van der Waals surface area contributed by atoms with Crippen molar-refractivity contribution in [2.75, 3.05) is 13.2 Å². The van der Waals surface area contributed by atoms with Crippen LogP contribution in [0.25, 0.3) is 0 Å². The second-order valence-corrected chi connectivity index (χ2v) is 8.69. The molecule has 4 heteroatoms. The maximum Gasteiger partial charge on any atom is 0.226 e. The minimum Gasteiger partial charge on any atom is -0.491 e. The summed E-state index contributed by atoms with van der Waals surface area (Å²) < 4.78 is 5.63. The van der Waals surface area contributed by atoms with Gasteiger partial charge in [-0.05, 0) is 80.9 Å². The Kier molecular flexibility index (Phi) is 4.48. The Morgan fingerprint density at radius 2 is 1.88 bits per heavy atom. The van der Waals surface area contributed by atoms with Crippen LogP contribution in [0.1, 0.15) is 44.1 Å². The molecule has 1 atom stereocenters. The van der Waals surface area contributed by atoms with Gasteiger partial charge in [0.25, 0.3) is 0 Å². The van der Waals surface area contributed by atoms with E-state index in [-0.39, 0.29) is 24.5 Å². The van der Waals surface area contributed by atoms with Crippen LogP contribution in [-0.2, 0) is 4.79 Å². The van der Waals surface area contributed by atoms with E-state index in [1.165, 1.54) is 19.3 Å². The van der Waals surface area contributed by atoms with Gasteiger partial charge in [0.2, 0.25) is 5.91 Å². The average Bonchev–Trinajstić information content (AvgIpc) is 2.56. The first-order chi connectivity index (χ1) is 12.0. The standard InChI is InChI=1S/C21H29NO3/c1-14-3-2-4-19(5-14)25-13-18(23)12-22-20(24)21-9-15-6-16(10-21)8-17(7-15)11-21/h2-5,15-18,23H,6-13H2,1H3,(H,22,24). The number of nitrogens with one attached hydrogen (secondary N) is 1. The van der Waals surface area contributed by atoms with Crippen LogP contribution >= 0.6 is 0 Å². The van der Waals surface area contributed by atoms with Gasteiger partial charge in [-0.2, -0.15) is 0 Å². The minimum absolute atomic E-state index is 0.147. The van der Waals surface area contributed by atoms with E-state index >= 15 is 0 Å². The summed E-state index contributed by atoms with van der Waals surface area (Å²) in [6.07, 6.45) is 6.49. The number of ether oxygens (including phenoxy) is 1. The Balaban J connectivity index is 1.27. The van der Waals surface area contributed by atoms with Gasteiger partial charge in [0, 0.05) is 12.0 Å². The van der Waals surface area contributed by atoms with Crippen LogP contribution in [0.4, 0.5) is 0 Å². The van der Waals surface area contributed by atoms with E-state index in [0.717, 1.165) is 48.3 Å². The molecule has 4 bridgehead atoms. The lowest BCUT2D eigenvalue weighted by atomic mass is 9.49. The molecule has 0 heterocycles. The molecule has 0 saturated heterocycles. The highest BCUT2D eigenvalue weighted by molar-refractivity contribution is 5.83. The van der Waals surface area contributed by atoms with E-state index in [2.05, 4.69) is 5.32 Å². The Morgan fingerprint density at radius 1 is 1.24 bits per heavy atom. The zero-order chi connectivity index (χ0) is 17.4. The van der Waals surface area contributed by atoms with Gasteiger partial charge < -0.3 is 15.2 Å². The van der Waals surface area contributed by atoms with E-state index in [4.69, 9.17) is 4.74 Å².